The van der Waals surface area contributed by atoms with Crippen molar-refractivity contribution in [2.75, 3.05) is 77.5 Å². The number of aryl methyl sites for hydroxylation is 2. The van der Waals surface area contributed by atoms with E-state index in [1.807, 2.05) is 0 Å². The number of benzene rings is 3. The number of amides is 2. The van der Waals surface area contributed by atoms with Crippen LogP contribution in [0.15, 0.2) is 82.6 Å². The molecule has 0 aromatic heterocycles. The third-order valence-corrected chi connectivity index (χ3v) is 12.8. The molecule has 3 aromatic rings. The Morgan fingerprint density at radius 1 is 0.661 bits per heavy atom. The number of rotatable bonds is 16. The van der Waals surface area contributed by atoms with Gasteiger partial charge >= 0.3 is 5.97 Å². The van der Waals surface area contributed by atoms with Gasteiger partial charge in [-0.15, -0.1) is 0 Å². The third kappa shape index (κ3) is 15.9. The second-order valence-corrected chi connectivity index (χ2v) is 18.0. The van der Waals surface area contributed by atoms with Gasteiger partial charge in [-0.2, -0.15) is 0 Å². The second-order valence-electron chi connectivity index (χ2n) is 13.9. The molecule has 16 nitrogen and oxygen atoms in total. The van der Waals surface area contributed by atoms with Crippen molar-refractivity contribution in [3.8, 4) is 0 Å². The molecule has 59 heavy (non-hydrogen) atoms. The van der Waals surface area contributed by atoms with Crippen molar-refractivity contribution in [2.45, 2.75) is 48.6 Å². The van der Waals surface area contributed by atoms with E-state index in [0.29, 0.717) is 33.0 Å². The molecule has 1 saturated heterocycles. The van der Waals surface area contributed by atoms with E-state index in [-0.39, 0.29) is 60.3 Å². The number of hydrogen-bond donors (Lipinski definition) is 3. The first-order valence-electron chi connectivity index (χ1n) is 19.1. The molecule has 1 fully saturated rings. The number of hydrogen-bond acceptors (Lipinski definition) is 13. The van der Waals surface area contributed by atoms with Crippen molar-refractivity contribution in [1.82, 2.24) is 10.6 Å². The first kappa shape index (κ1) is 47.1. The summed E-state index contributed by atoms with van der Waals surface area (Å²) in [6, 6.07) is 15.8. The predicted octanol–water partition coefficient (Wildman–Crippen LogP) is 2.59. The van der Waals surface area contributed by atoms with Crippen LogP contribution in [0.3, 0.4) is 0 Å². The number of ether oxygens (including phenoxy) is 5. The second kappa shape index (κ2) is 23.3. The fourth-order valence-electron chi connectivity index (χ4n) is 5.86. The molecule has 1 unspecified atom stereocenters. The van der Waals surface area contributed by atoms with Gasteiger partial charge in [0.15, 0.2) is 25.5 Å². The summed E-state index contributed by atoms with van der Waals surface area (Å²) in [7, 11) is -8.26. The minimum atomic E-state index is -4.13. The van der Waals surface area contributed by atoms with E-state index in [4.69, 9.17) is 23.7 Å². The molecule has 3 N–H and O–H groups in total. The van der Waals surface area contributed by atoms with E-state index in [1.54, 1.807) is 38.1 Å². The highest BCUT2D eigenvalue weighted by Crippen LogP contribution is 2.23. The largest absolute Gasteiger partial charge is 0.481 e. The van der Waals surface area contributed by atoms with Crippen LogP contribution in [0.1, 0.15) is 44.7 Å². The fourth-order valence-corrected chi connectivity index (χ4v) is 9.10. The van der Waals surface area contributed by atoms with Gasteiger partial charge in [0.2, 0.25) is 5.91 Å². The van der Waals surface area contributed by atoms with Crippen molar-refractivity contribution < 1.29 is 64.8 Å². The topological polar surface area (TPSA) is 227 Å². The van der Waals surface area contributed by atoms with Crippen molar-refractivity contribution in [3.05, 3.63) is 95.1 Å². The summed E-state index contributed by atoms with van der Waals surface area (Å²) in [6.07, 6.45) is -1.29. The average Bonchev–Trinajstić information content (AvgIpc) is 3.21. The maximum atomic E-state index is 13.9. The number of aliphatic carboxylic acids is 1. The lowest BCUT2D eigenvalue weighted by Crippen LogP contribution is -2.49. The maximum Gasteiger partial charge on any atom is 0.303 e. The van der Waals surface area contributed by atoms with Crippen LogP contribution in [0.2, 0.25) is 0 Å². The first-order chi connectivity index (χ1) is 28.1. The van der Waals surface area contributed by atoms with Crippen LogP contribution in [-0.2, 0) is 52.9 Å². The minimum absolute atomic E-state index is 0.00281. The molecule has 0 saturated carbocycles. The summed E-state index contributed by atoms with van der Waals surface area (Å²) in [4.78, 5) is 52.0. The van der Waals surface area contributed by atoms with Gasteiger partial charge in [0, 0.05) is 24.1 Å². The standard InChI is InChI=1S/C41H52N2O14S2/c1-29-3-11-35(12-4-29)58(49,50)27-33(28-59(51,52)36-13-5-30(2)6-14-36)39(46)31-7-9-32(10-8-31)40(47)43-37(15-16-38(44)45)41(48)42-25-34-26-56-22-21-54-18-17-53-19-20-55-23-24-57-34/h3-14,33-34,37H,15-28H2,1-2H3,(H,42,48)(H,43,47)(H,44,45)/t34?,37-/m0/s1. The van der Waals surface area contributed by atoms with Crippen LogP contribution in [0.4, 0.5) is 0 Å². The lowest BCUT2D eigenvalue weighted by atomic mass is 9.99. The Kier molecular flexibility index (Phi) is 18.6. The van der Waals surface area contributed by atoms with Gasteiger partial charge in [0.05, 0.1) is 92.8 Å². The molecule has 18 heteroatoms. The Morgan fingerprint density at radius 3 is 1.61 bits per heavy atom. The van der Waals surface area contributed by atoms with Gasteiger partial charge in [-0.1, -0.05) is 47.5 Å². The first-order valence-corrected chi connectivity index (χ1v) is 22.4. The smallest absolute Gasteiger partial charge is 0.303 e. The van der Waals surface area contributed by atoms with Crippen LogP contribution in [-0.4, -0.2) is 135 Å². The van der Waals surface area contributed by atoms with Gasteiger partial charge in [-0.25, -0.2) is 16.8 Å². The fraction of sp³-hybridized carbons (Fsp3) is 0.463. The molecule has 0 bridgehead atoms. The Morgan fingerprint density at radius 2 is 1.12 bits per heavy atom. The zero-order valence-electron chi connectivity index (χ0n) is 33.1. The average molecular weight is 861 g/mol. The third-order valence-electron chi connectivity index (χ3n) is 9.18. The number of carbonyl (C=O) groups is 4. The van der Waals surface area contributed by atoms with Crippen molar-refractivity contribution in [1.29, 1.82) is 0 Å². The van der Waals surface area contributed by atoms with Crippen LogP contribution < -0.4 is 10.6 Å². The van der Waals surface area contributed by atoms with Gasteiger partial charge < -0.3 is 39.4 Å². The minimum Gasteiger partial charge on any atom is -0.481 e. The molecule has 322 valence electrons. The molecule has 1 heterocycles. The van der Waals surface area contributed by atoms with E-state index in [1.165, 1.54) is 48.5 Å². The van der Waals surface area contributed by atoms with Crippen LogP contribution in [0.25, 0.3) is 0 Å². The lowest BCUT2D eigenvalue weighted by Gasteiger charge is -2.22. The number of Topliss-reactive ketones (excluding diaryl/α,β-unsaturated/α-hetero) is 1. The van der Waals surface area contributed by atoms with E-state index < -0.39 is 79.2 Å². The van der Waals surface area contributed by atoms with Crippen molar-refractivity contribution in [3.63, 3.8) is 0 Å². The SMILES string of the molecule is Cc1ccc(S(=O)(=O)CC(CS(=O)(=O)c2ccc(C)cc2)C(=O)c2ccc(C(=O)N[C@@H](CCC(=O)O)C(=O)NCC3COCCOCCOCCOCCO3)cc2)cc1. The van der Waals surface area contributed by atoms with Crippen molar-refractivity contribution >= 4 is 43.2 Å². The summed E-state index contributed by atoms with van der Waals surface area (Å²) < 4.78 is 81.8. The molecule has 0 aliphatic carbocycles. The molecular formula is C41H52N2O14S2. The molecule has 1 aliphatic heterocycles. The van der Waals surface area contributed by atoms with E-state index in [9.17, 15) is 41.1 Å². The van der Waals surface area contributed by atoms with Crippen LogP contribution >= 0.6 is 0 Å². The quantitative estimate of drug-likeness (QED) is 0.176. The highest BCUT2D eigenvalue weighted by atomic mass is 32.2. The Balaban J connectivity index is 1.47. The number of nitrogens with one attached hydrogen (secondary N) is 2. The highest BCUT2D eigenvalue weighted by Gasteiger charge is 2.33. The number of ketones is 1. The van der Waals surface area contributed by atoms with Crippen LogP contribution in [0, 0.1) is 19.8 Å². The molecule has 0 radical (unpaired) electrons. The number of carboxylic acid groups (broad SMARTS) is 1. The molecule has 3 aromatic carbocycles. The zero-order valence-corrected chi connectivity index (χ0v) is 34.8. The molecule has 0 spiro atoms. The zero-order chi connectivity index (χ0) is 42.8. The van der Waals surface area contributed by atoms with Crippen molar-refractivity contribution in [2.24, 2.45) is 5.92 Å². The molecule has 1 aliphatic rings. The van der Waals surface area contributed by atoms with Crippen LogP contribution in [0.5, 0.6) is 0 Å². The number of carboxylic acids is 1. The van der Waals surface area contributed by atoms with Gasteiger partial charge in [-0.05, 0) is 56.7 Å². The van der Waals surface area contributed by atoms with E-state index >= 15 is 0 Å². The summed E-state index contributed by atoms with van der Waals surface area (Å²) >= 11 is 0. The summed E-state index contributed by atoms with van der Waals surface area (Å²) in [6.45, 7) is 6.29. The molecular weight excluding hydrogens is 809 g/mol. The summed E-state index contributed by atoms with van der Waals surface area (Å²) in [5.41, 5.74) is 1.58. The van der Waals surface area contributed by atoms with E-state index in [2.05, 4.69) is 10.6 Å². The molecule has 2 atom stereocenters. The van der Waals surface area contributed by atoms with Gasteiger partial charge in [0.1, 0.15) is 6.04 Å². The maximum absolute atomic E-state index is 13.9. The summed E-state index contributed by atoms with van der Waals surface area (Å²) in [5.74, 6) is -6.49. The normalized spacial score (nSPS) is 16.9. The van der Waals surface area contributed by atoms with Gasteiger partial charge in [0.25, 0.3) is 5.91 Å². The molecule has 4 rings (SSSR count). The summed E-state index contributed by atoms with van der Waals surface area (Å²) in [5, 5.41) is 14.6. The van der Waals surface area contributed by atoms with Gasteiger partial charge in [-0.3, -0.25) is 19.2 Å². The monoisotopic (exact) mass is 860 g/mol. The number of sulfone groups is 2. The molecule has 2 amide bonds. The van der Waals surface area contributed by atoms with E-state index in [0.717, 1.165) is 11.1 Å². The lowest BCUT2D eigenvalue weighted by molar-refractivity contribution is -0.137. The predicted molar refractivity (Wildman–Crippen MR) is 215 cm³/mol. The Bertz CT molecular complexity index is 1960. The Labute approximate surface area is 344 Å². The Hall–Kier alpha value is -4.56. The number of carbonyl (C=O) groups excluding carboxylic acids is 3. The highest BCUT2D eigenvalue weighted by molar-refractivity contribution is 7.92.